The van der Waals surface area contributed by atoms with Crippen LogP contribution in [-0.2, 0) is 17.5 Å². The van der Waals surface area contributed by atoms with E-state index in [2.05, 4.69) is 5.32 Å². The predicted molar refractivity (Wildman–Crippen MR) is 90.1 cm³/mol. The normalized spacial score (nSPS) is 16.1. The molecule has 1 aromatic carbocycles. The summed E-state index contributed by atoms with van der Waals surface area (Å²) in [6.45, 7) is -0.339. The van der Waals surface area contributed by atoms with Crippen molar-refractivity contribution in [1.82, 2.24) is 9.88 Å². The van der Waals surface area contributed by atoms with Gasteiger partial charge in [-0.1, -0.05) is 23.7 Å². The number of alkyl halides is 3. The van der Waals surface area contributed by atoms with E-state index >= 15 is 0 Å². The van der Waals surface area contributed by atoms with Crippen LogP contribution in [0.15, 0.2) is 41.3 Å². The highest BCUT2D eigenvalue weighted by molar-refractivity contribution is 6.30. The lowest BCUT2D eigenvalue weighted by molar-refractivity contribution is -0.138. The molecule has 144 valence electrons. The average Bonchev–Trinajstić information content (AvgIpc) is 2.62. The maximum atomic E-state index is 12.8. The Hall–Kier alpha value is -2.68. The van der Waals surface area contributed by atoms with E-state index in [9.17, 15) is 22.8 Å². The Morgan fingerprint density at radius 3 is 2.70 bits per heavy atom. The molecule has 1 amide bonds. The summed E-state index contributed by atoms with van der Waals surface area (Å²) in [6.07, 6.45) is -4.59. The molecule has 3 rings (SSSR count). The maximum absolute atomic E-state index is 12.8. The monoisotopic (exact) mass is 402 g/mol. The highest BCUT2D eigenvalue weighted by Gasteiger charge is 2.32. The van der Waals surface area contributed by atoms with Crippen LogP contribution in [0.1, 0.15) is 5.56 Å². The van der Waals surface area contributed by atoms with Gasteiger partial charge >= 0.3 is 6.18 Å². The number of ether oxygens (including phenoxy) is 2. The first-order chi connectivity index (χ1) is 12.7. The molecule has 1 aromatic heterocycles. The first kappa shape index (κ1) is 19.1. The van der Waals surface area contributed by atoms with E-state index in [1.54, 1.807) is 24.3 Å². The first-order valence-corrected chi connectivity index (χ1v) is 8.24. The molecule has 0 spiro atoms. The molecule has 0 aliphatic carbocycles. The second-order valence-corrected chi connectivity index (χ2v) is 6.22. The number of pyridine rings is 1. The number of hydrogen-bond acceptors (Lipinski definition) is 4. The summed E-state index contributed by atoms with van der Waals surface area (Å²) in [5.41, 5.74) is -1.99. The van der Waals surface area contributed by atoms with Crippen molar-refractivity contribution in [1.29, 1.82) is 0 Å². The fraction of sp³-hybridized carbons (Fsp3) is 0.294. The summed E-state index contributed by atoms with van der Waals surface area (Å²) in [4.78, 5) is 23.9. The number of halogens is 4. The molecule has 1 aliphatic rings. The molecule has 2 heterocycles. The third-order valence-corrected chi connectivity index (χ3v) is 4.05. The van der Waals surface area contributed by atoms with Crippen molar-refractivity contribution in [2.45, 2.75) is 18.8 Å². The van der Waals surface area contributed by atoms with E-state index in [1.165, 1.54) is 0 Å². The molecule has 2 aromatic rings. The van der Waals surface area contributed by atoms with Crippen molar-refractivity contribution in [2.24, 2.45) is 0 Å². The van der Waals surface area contributed by atoms with Gasteiger partial charge in [0.1, 0.15) is 24.3 Å². The van der Waals surface area contributed by atoms with Gasteiger partial charge in [0.05, 0.1) is 12.1 Å². The topological polar surface area (TPSA) is 69.6 Å². The Kier molecular flexibility index (Phi) is 5.31. The Morgan fingerprint density at radius 2 is 2.00 bits per heavy atom. The second kappa shape index (κ2) is 7.51. The third kappa shape index (κ3) is 4.54. The SMILES string of the molecule is O=C(Cn1cc(C(F)(F)F)cc(Cl)c1=O)NC[C@H]1COc2ccccc2O1. The lowest BCUT2D eigenvalue weighted by Crippen LogP contribution is -2.42. The molecule has 1 N–H and O–H groups in total. The zero-order chi connectivity index (χ0) is 19.6. The van der Waals surface area contributed by atoms with E-state index in [1.807, 2.05) is 0 Å². The molecule has 0 bridgehead atoms. The zero-order valence-electron chi connectivity index (χ0n) is 13.8. The standard InChI is InChI=1S/C17H14ClF3N2O4/c18-12-5-10(17(19,20)21)7-23(16(12)25)8-15(24)22-6-11-9-26-13-3-1-2-4-14(13)27-11/h1-5,7,11H,6,8-9H2,(H,22,24)/t11-/m0/s1. The van der Waals surface area contributed by atoms with E-state index < -0.39 is 40.9 Å². The predicted octanol–water partition coefficient (Wildman–Crippen LogP) is 2.48. The number of fused-ring (bicyclic) bond motifs is 1. The van der Waals surface area contributed by atoms with Crippen LogP contribution in [-0.4, -0.2) is 29.7 Å². The van der Waals surface area contributed by atoms with E-state index in [0.717, 1.165) is 0 Å². The van der Waals surface area contributed by atoms with E-state index in [-0.39, 0.29) is 13.2 Å². The van der Waals surface area contributed by atoms with Crippen LogP contribution < -0.4 is 20.3 Å². The molecule has 0 fully saturated rings. The van der Waals surface area contributed by atoms with Crippen LogP contribution in [0.2, 0.25) is 5.02 Å². The molecule has 6 nitrogen and oxygen atoms in total. The van der Waals surface area contributed by atoms with Crippen molar-refractivity contribution in [2.75, 3.05) is 13.2 Å². The summed E-state index contributed by atoms with van der Waals surface area (Å²) in [5, 5.41) is 1.90. The van der Waals surface area contributed by atoms with Gasteiger partial charge < -0.3 is 19.4 Å². The Balaban J connectivity index is 1.62. The molecule has 0 saturated heterocycles. The number of hydrogen-bond donors (Lipinski definition) is 1. The van der Waals surface area contributed by atoms with Crippen LogP contribution >= 0.6 is 11.6 Å². The van der Waals surface area contributed by atoms with Crippen molar-refractivity contribution in [3.05, 3.63) is 57.5 Å². The van der Waals surface area contributed by atoms with E-state index in [0.29, 0.717) is 28.3 Å². The number of carbonyl (C=O) groups excluding carboxylic acids is 1. The van der Waals surface area contributed by atoms with Gasteiger partial charge in [0.2, 0.25) is 5.91 Å². The van der Waals surface area contributed by atoms with Crippen molar-refractivity contribution in [3.8, 4) is 11.5 Å². The summed E-state index contributed by atoms with van der Waals surface area (Å²) in [5.74, 6) is 0.462. The van der Waals surface area contributed by atoms with Crippen molar-refractivity contribution >= 4 is 17.5 Å². The van der Waals surface area contributed by atoms with Crippen molar-refractivity contribution in [3.63, 3.8) is 0 Å². The van der Waals surface area contributed by atoms with E-state index in [4.69, 9.17) is 21.1 Å². The van der Waals surface area contributed by atoms with Gasteiger partial charge in [-0.3, -0.25) is 9.59 Å². The van der Waals surface area contributed by atoms with Crippen LogP contribution in [0.5, 0.6) is 11.5 Å². The quantitative estimate of drug-likeness (QED) is 0.853. The highest BCUT2D eigenvalue weighted by atomic mass is 35.5. The Morgan fingerprint density at radius 1 is 1.30 bits per heavy atom. The largest absolute Gasteiger partial charge is 0.486 e. The molecule has 1 aliphatic heterocycles. The molecule has 0 saturated carbocycles. The maximum Gasteiger partial charge on any atom is 0.417 e. The number of nitrogens with one attached hydrogen (secondary N) is 1. The molecule has 1 atom stereocenters. The first-order valence-electron chi connectivity index (χ1n) is 7.86. The Bertz CT molecular complexity index is 914. The minimum absolute atomic E-state index is 0.0641. The summed E-state index contributed by atoms with van der Waals surface area (Å²) in [7, 11) is 0. The Labute approximate surface area is 156 Å². The molecule has 27 heavy (non-hydrogen) atoms. The van der Waals surface area contributed by atoms with Crippen LogP contribution in [0.4, 0.5) is 13.2 Å². The number of aromatic nitrogens is 1. The second-order valence-electron chi connectivity index (χ2n) is 5.81. The van der Waals surface area contributed by atoms with Gasteiger partial charge in [-0.15, -0.1) is 0 Å². The van der Waals surface area contributed by atoms with Crippen LogP contribution in [0.25, 0.3) is 0 Å². The summed E-state index contributed by atoms with van der Waals surface area (Å²) < 4.78 is 50.3. The number of para-hydroxylation sites is 2. The number of carbonyl (C=O) groups is 1. The molecular formula is C17H14ClF3N2O4. The zero-order valence-corrected chi connectivity index (χ0v) is 14.5. The minimum Gasteiger partial charge on any atom is -0.486 e. The summed E-state index contributed by atoms with van der Waals surface area (Å²) in [6, 6.07) is 7.56. The average molecular weight is 403 g/mol. The minimum atomic E-state index is -4.68. The fourth-order valence-corrected chi connectivity index (χ4v) is 2.70. The van der Waals surface area contributed by atoms with Gasteiger partial charge in [-0.2, -0.15) is 13.2 Å². The molecule has 0 radical (unpaired) electrons. The molecular weight excluding hydrogens is 389 g/mol. The van der Waals surface area contributed by atoms with Crippen LogP contribution in [0, 0.1) is 0 Å². The number of benzene rings is 1. The van der Waals surface area contributed by atoms with Gasteiger partial charge in [0.15, 0.2) is 11.5 Å². The van der Waals surface area contributed by atoms with Gasteiger partial charge in [0, 0.05) is 6.20 Å². The van der Waals surface area contributed by atoms with Gasteiger partial charge in [-0.25, -0.2) is 0 Å². The highest BCUT2D eigenvalue weighted by Crippen LogP contribution is 2.31. The van der Waals surface area contributed by atoms with Gasteiger partial charge in [-0.05, 0) is 18.2 Å². The third-order valence-electron chi connectivity index (χ3n) is 3.78. The number of nitrogens with zero attached hydrogens (tertiary/aromatic N) is 1. The van der Waals surface area contributed by atoms with Crippen LogP contribution in [0.3, 0.4) is 0 Å². The number of rotatable bonds is 4. The lowest BCUT2D eigenvalue weighted by Gasteiger charge is -2.26. The summed E-state index contributed by atoms with van der Waals surface area (Å²) >= 11 is 5.55. The lowest BCUT2D eigenvalue weighted by atomic mass is 10.2. The van der Waals surface area contributed by atoms with Gasteiger partial charge in [0.25, 0.3) is 5.56 Å². The fourth-order valence-electron chi connectivity index (χ4n) is 2.47. The number of amides is 1. The smallest absolute Gasteiger partial charge is 0.417 e. The molecule has 10 heteroatoms. The van der Waals surface area contributed by atoms with Crippen molar-refractivity contribution < 1.29 is 27.4 Å². The molecule has 0 unspecified atom stereocenters.